The highest BCUT2D eigenvalue weighted by atomic mass is 32.1. The molecule has 3 heterocycles. The molecule has 0 spiro atoms. The third-order valence-electron chi connectivity index (χ3n) is 7.64. The summed E-state index contributed by atoms with van der Waals surface area (Å²) in [5.74, 6) is 0. The maximum Gasteiger partial charge on any atom is 0.112 e. The second kappa shape index (κ2) is 7.29. The number of nitrogens with one attached hydrogen (secondary N) is 1. The Kier molecular flexibility index (Phi) is 4.10. The van der Waals surface area contributed by atoms with Crippen LogP contribution in [0, 0.1) is 13.8 Å². The number of nitrogens with zero attached hydrogens (tertiary/aromatic N) is 4. The largest absolute Gasteiger partial charge is 0.361 e. The Morgan fingerprint density at radius 1 is 0.750 bits per heavy atom. The number of hydrogen-bond acceptors (Lipinski definition) is 6. The van der Waals surface area contributed by atoms with Crippen LogP contribution < -0.4 is 0 Å². The molecule has 1 aliphatic carbocycles. The summed E-state index contributed by atoms with van der Waals surface area (Å²) in [5.41, 5.74) is 15.1. The van der Waals surface area contributed by atoms with Gasteiger partial charge in [0.2, 0.25) is 0 Å². The molecular weight excluding hydrogens is 482 g/mol. The van der Waals surface area contributed by atoms with Crippen LogP contribution in [0.15, 0.2) is 60.8 Å². The van der Waals surface area contributed by atoms with Gasteiger partial charge in [0.25, 0.3) is 0 Å². The zero-order valence-corrected chi connectivity index (χ0v) is 21.2. The lowest BCUT2D eigenvalue weighted by atomic mass is 9.87. The predicted molar refractivity (Wildman–Crippen MR) is 150 cm³/mol. The number of allylic oxidation sites excluding steroid dienone is 1. The molecule has 0 atom stereocenters. The molecule has 0 amide bonds. The Labute approximate surface area is 214 Å². The molecule has 1 N–H and O–H groups in total. The highest BCUT2D eigenvalue weighted by Crippen LogP contribution is 2.44. The highest BCUT2D eigenvalue weighted by molar-refractivity contribution is 7.00. The molecule has 0 unspecified atom stereocenters. The number of aromatic nitrogens is 5. The first-order valence-electron chi connectivity index (χ1n) is 11.9. The lowest BCUT2D eigenvalue weighted by molar-refractivity contribution is 1.30. The predicted octanol–water partition coefficient (Wildman–Crippen LogP) is 7.60. The summed E-state index contributed by atoms with van der Waals surface area (Å²) in [4.78, 5) is 3.56. The number of aryl methyl sites for hydroxylation is 2. The zero-order valence-electron chi connectivity index (χ0n) is 19.6. The summed E-state index contributed by atoms with van der Waals surface area (Å²) < 4.78 is 18.1. The van der Waals surface area contributed by atoms with Crippen LogP contribution in [-0.4, -0.2) is 22.5 Å². The summed E-state index contributed by atoms with van der Waals surface area (Å²) >= 11 is 2.55. The number of H-pyrrole nitrogens is 1. The molecule has 4 aromatic carbocycles. The molecule has 0 radical (unpaired) electrons. The summed E-state index contributed by atoms with van der Waals surface area (Å²) in [6.45, 7) is 4.51. The van der Waals surface area contributed by atoms with Crippen LogP contribution >= 0.6 is 23.5 Å². The Balaban J connectivity index is 1.38. The van der Waals surface area contributed by atoms with E-state index in [0.717, 1.165) is 39.6 Å². The minimum atomic E-state index is 0.927. The molecule has 172 valence electrons. The van der Waals surface area contributed by atoms with E-state index in [2.05, 4.69) is 85.0 Å². The van der Waals surface area contributed by atoms with E-state index >= 15 is 0 Å². The van der Waals surface area contributed by atoms with Crippen molar-refractivity contribution in [3.8, 4) is 11.1 Å². The monoisotopic (exact) mass is 501 g/mol. The van der Waals surface area contributed by atoms with Gasteiger partial charge in [0.1, 0.15) is 22.1 Å². The van der Waals surface area contributed by atoms with Crippen LogP contribution in [0.25, 0.3) is 60.4 Å². The fourth-order valence-corrected chi connectivity index (χ4v) is 7.09. The number of benzene rings is 4. The van der Waals surface area contributed by atoms with Crippen LogP contribution in [-0.2, 0) is 6.42 Å². The van der Waals surface area contributed by atoms with Crippen LogP contribution in [0.1, 0.15) is 27.8 Å². The van der Waals surface area contributed by atoms with Crippen molar-refractivity contribution < 1.29 is 0 Å². The van der Waals surface area contributed by atoms with Crippen molar-refractivity contribution >= 4 is 72.8 Å². The fourth-order valence-electron chi connectivity index (χ4n) is 5.99. The Bertz CT molecular complexity index is 2060. The van der Waals surface area contributed by atoms with Gasteiger partial charge in [0.15, 0.2) is 0 Å². The van der Waals surface area contributed by atoms with Gasteiger partial charge in [-0.1, -0.05) is 30.3 Å². The molecule has 0 aliphatic heterocycles. The molecule has 0 saturated heterocycles. The van der Waals surface area contributed by atoms with Gasteiger partial charge in [-0.05, 0) is 83.1 Å². The number of rotatable bonds is 2. The first-order chi connectivity index (χ1) is 17.7. The third kappa shape index (κ3) is 2.64. The van der Waals surface area contributed by atoms with Crippen LogP contribution in [0.5, 0.6) is 0 Å². The van der Waals surface area contributed by atoms with Gasteiger partial charge in [0, 0.05) is 33.8 Å². The van der Waals surface area contributed by atoms with E-state index in [4.69, 9.17) is 0 Å². The smallest absolute Gasteiger partial charge is 0.112 e. The number of aromatic amines is 1. The second-order valence-electron chi connectivity index (χ2n) is 9.45. The van der Waals surface area contributed by atoms with Crippen LogP contribution in [0.3, 0.4) is 0 Å². The Morgan fingerprint density at radius 3 is 2.22 bits per heavy atom. The van der Waals surface area contributed by atoms with Crippen molar-refractivity contribution in [1.29, 1.82) is 0 Å². The van der Waals surface area contributed by atoms with Crippen molar-refractivity contribution in [1.82, 2.24) is 22.5 Å². The van der Waals surface area contributed by atoms with E-state index < -0.39 is 0 Å². The Hall–Kier alpha value is -3.94. The van der Waals surface area contributed by atoms with Gasteiger partial charge in [0.05, 0.1) is 23.5 Å². The first kappa shape index (κ1) is 20.3. The molecular formula is C29H19N5S2. The maximum absolute atomic E-state index is 4.61. The zero-order chi connectivity index (χ0) is 24.0. The summed E-state index contributed by atoms with van der Waals surface area (Å²) in [7, 11) is 0. The molecule has 7 heteroatoms. The SMILES string of the molecule is Cc1c2c(cc3c(C)c4c(-c5cccc6nsnc56)c[nH]c4cc13)CC=C2c1cccc2nsnc12. The molecule has 0 bridgehead atoms. The van der Waals surface area contributed by atoms with Crippen LogP contribution in [0.2, 0.25) is 0 Å². The third-order valence-corrected chi connectivity index (χ3v) is 8.72. The van der Waals surface area contributed by atoms with Gasteiger partial charge in [-0.3, -0.25) is 0 Å². The molecule has 36 heavy (non-hydrogen) atoms. The van der Waals surface area contributed by atoms with Crippen molar-refractivity contribution in [3.05, 3.63) is 88.6 Å². The van der Waals surface area contributed by atoms with Gasteiger partial charge in [-0.2, -0.15) is 17.5 Å². The Morgan fingerprint density at radius 2 is 1.44 bits per heavy atom. The minimum Gasteiger partial charge on any atom is -0.361 e. The van der Waals surface area contributed by atoms with E-state index in [1.165, 1.54) is 78.6 Å². The topological polar surface area (TPSA) is 67.3 Å². The van der Waals surface area contributed by atoms with E-state index in [1.807, 2.05) is 12.1 Å². The average Bonchev–Trinajstić information content (AvgIpc) is 3.69. The van der Waals surface area contributed by atoms with E-state index in [-0.39, 0.29) is 0 Å². The van der Waals surface area contributed by atoms with Crippen LogP contribution in [0.4, 0.5) is 0 Å². The molecule has 0 saturated carbocycles. The number of fused-ring (bicyclic) bond motifs is 5. The molecule has 8 rings (SSSR count). The van der Waals surface area contributed by atoms with E-state index in [9.17, 15) is 0 Å². The molecule has 1 aliphatic rings. The lowest BCUT2D eigenvalue weighted by Crippen LogP contribution is -1.96. The van der Waals surface area contributed by atoms with E-state index in [1.54, 1.807) is 0 Å². The average molecular weight is 502 g/mol. The molecule has 0 fully saturated rings. The van der Waals surface area contributed by atoms with Crippen molar-refractivity contribution in [2.75, 3.05) is 0 Å². The van der Waals surface area contributed by atoms with Gasteiger partial charge >= 0.3 is 0 Å². The van der Waals surface area contributed by atoms with E-state index in [0.29, 0.717) is 0 Å². The second-order valence-corrected chi connectivity index (χ2v) is 10.5. The van der Waals surface area contributed by atoms with Gasteiger partial charge in [-0.25, -0.2) is 0 Å². The molecule has 7 aromatic rings. The van der Waals surface area contributed by atoms with Crippen molar-refractivity contribution in [2.45, 2.75) is 20.3 Å². The molecule has 5 nitrogen and oxygen atoms in total. The van der Waals surface area contributed by atoms with Crippen molar-refractivity contribution in [2.24, 2.45) is 0 Å². The summed E-state index contributed by atoms with van der Waals surface area (Å²) in [6, 6.07) is 17.3. The fraction of sp³-hybridized carbons (Fsp3) is 0.103. The molecule has 3 aromatic heterocycles. The highest BCUT2D eigenvalue weighted by Gasteiger charge is 2.24. The van der Waals surface area contributed by atoms with Gasteiger partial charge in [-0.15, -0.1) is 0 Å². The maximum atomic E-state index is 4.61. The number of hydrogen-bond donors (Lipinski definition) is 1. The normalized spacial score (nSPS) is 13.3. The minimum absolute atomic E-state index is 0.927. The van der Waals surface area contributed by atoms with Gasteiger partial charge < -0.3 is 4.98 Å². The lowest BCUT2D eigenvalue weighted by Gasteiger charge is -2.16. The summed E-state index contributed by atoms with van der Waals surface area (Å²) in [6.07, 6.45) is 5.40. The quantitative estimate of drug-likeness (QED) is 0.265. The first-order valence-corrected chi connectivity index (χ1v) is 13.4. The standard InChI is InChI=1S/C29H19N5S2/c1-14-21-12-25-27(22(13-30-25)19-6-4-8-24-29(19)34-36-32-24)15(2)20(21)11-16-9-10-17(26(14)16)18-5-3-7-23-28(18)33-35-31-23/h3-8,10-13,30H,9H2,1-2H3. The summed E-state index contributed by atoms with van der Waals surface area (Å²) in [5, 5.41) is 3.86. The van der Waals surface area contributed by atoms with Crippen molar-refractivity contribution in [3.63, 3.8) is 0 Å².